The first-order valence-electron chi connectivity index (χ1n) is 7.08. The van der Waals surface area contributed by atoms with Gasteiger partial charge in [-0.05, 0) is 30.9 Å². The predicted octanol–water partition coefficient (Wildman–Crippen LogP) is 3.63. The average molecular weight is 266 g/mol. The maximum atomic E-state index is 5.68. The highest BCUT2D eigenvalue weighted by atomic mass is 16.5. The van der Waals surface area contributed by atoms with Crippen LogP contribution in [-0.2, 0) is 6.61 Å². The SMILES string of the molecule is c1ccc(COc2ccc(C3=NCCCC3)cn2)cc1. The van der Waals surface area contributed by atoms with Crippen LogP contribution in [0.1, 0.15) is 30.4 Å². The molecule has 0 saturated heterocycles. The van der Waals surface area contributed by atoms with Crippen molar-refractivity contribution in [1.29, 1.82) is 0 Å². The molecule has 2 aromatic rings. The van der Waals surface area contributed by atoms with Gasteiger partial charge in [-0.1, -0.05) is 30.3 Å². The monoisotopic (exact) mass is 266 g/mol. The van der Waals surface area contributed by atoms with E-state index in [-0.39, 0.29) is 0 Å². The van der Waals surface area contributed by atoms with Gasteiger partial charge in [0.1, 0.15) is 6.61 Å². The van der Waals surface area contributed by atoms with Gasteiger partial charge in [-0.3, -0.25) is 4.99 Å². The van der Waals surface area contributed by atoms with Gasteiger partial charge in [0, 0.05) is 30.1 Å². The Kier molecular flexibility index (Phi) is 4.07. The Hall–Kier alpha value is -2.16. The molecule has 0 amide bonds. The summed E-state index contributed by atoms with van der Waals surface area (Å²) < 4.78 is 5.68. The largest absolute Gasteiger partial charge is 0.473 e. The summed E-state index contributed by atoms with van der Waals surface area (Å²) in [7, 11) is 0. The molecule has 0 saturated carbocycles. The summed E-state index contributed by atoms with van der Waals surface area (Å²) >= 11 is 0. The van der Waals surface area contributed by atoms with Crippen LogP contribution in [0.15, 0.2) is 53.7 Å². The smallest absolute Gasteiger partial charge is 0.213 e. The number of nitrogens with zero attached hydrogens (tertiary/aromatic N) is 2. The van der Waals surface area contributed by atoms with Gasteiger partial charge in [-0.15, -0.1) is 0 Å². The minimum Gasteiger partial charge on any atom is -0.473 e. The van der Waals surface area contributed by atoms with Crippen molar-refractivity contribution in [3.05, 3.63) is 59.8 Å². The fourth-order valence-corrected chi connectivity index (χ4v) is 2.30. The fraction of sp³-hybridized carbons (Fsp3) is 0.294. The van der Waals surface area contributed by atoms with Crippen LogP contribution in [0.3, 0.4) is 0 Å². The number of pyridine rings is 1. The Morgan fingerprint density at radius 3 is 2.60 bits per heavy atom. The molecule has 0 spiro atoms. The zero-order valence-corrected chi connectivity index (χ0v) is 11.5. The maximum Gasteiger partial charge on any atom is 0.213 e. The number of hydrogen-bond donors (Lipinski definition) is 0. The lowest BCUT2D eigenvalue weighted by Gasteiger charge is -2.12. The molecule has 3 nitrogen and oxygen atoms in total. The highest BCUT2D eigenvalue weighted by molar-refractivity contribution is 6.00. The van der Waals surface area contributed by atoms with Crippen LogP contribution in [0.25, 0.3) is 0 Å². The Morgan fingerprint density at radius 2 is 1.90 bits per heavy atom. The molecule has 1 aromatic carbocycles. The number of aliphatic imine (C=N–C) groups is 1. The van der Waals surface area contributed by atoms with Crippen molar-refractivity contribution in [2.75, 3.05) is 6.54 Å². The Labute approximate surface area is 119 Å². The Morgan fingerprint density at radius 1 is 1.00 bits per heavy atom. The molecule has 1 aliphatic heterocycles. The summed E-state index contributed by atoms with van der Waals surface area (Å²) in [6, 6.07) is 14.1. The van der Waals surface area contributed by atoms with E-state index in [0.29, 0.717) is 12.5 Å². The van der Waals surface area contributed by atoms with Gasteiger partial charge < -0.3 is 4.74 Å². The topological polar surface area (TPSA) is 34.5 Å². The van der Waals surface area contributed by atoms with E-state index in [1.807, 2.05) is 42.6 Å². The lowest BCUT2D eigenvalue weighted by atomic mass is 10.0. The molecule has 1 aromatic heterocycles. The number of ether oxygens (including phenoxy) is 1. The second kappa shape index (κ2) is 6.33. The number of aromatic nitrogens is 1. The maximum absolute atomic E-state index is 5.68. The van der Waals surface area contributed by atoms with Gasteiger partial charge in [0.05, 0.1) is 0 Å². The van der Waals surface area contributed by atoms with E-state index in [4.69, 9.17) is 4.74 Å². The van der Waals surface area contributed by atoms with Gasteiger partial charge in [0.15, 0.2) is 0 Å². The first-order valence-corrected chi connectivity index (χ1v) is 7.08. The third-order valence-electron chi connectivity index (χ3n) is 3.42. The molecule has 0 unspecified atom stereocenters. The van der Waals surface area contributed by atoms with E-state index in [2.05, 4.69) is 16.0 Å². The van der Waals surface area contributed by atoms with Crippen LogP contribution >= 0.6 is 0 Å². The van der Waals surface area contributed by atoms with Gasteiger partial charge in [0.25, 0.3) is 0 Å². The van der Waals surface area contributed by atoms with E-state index < -0.39 is 0 Å². The van der Waals surface area contributed by atoms with Crippen molar-refractivity contribution < 1.29 is 4.74 Å². The minimum atomic E-state index is 0.550. The van der Waals surface area contributed by atoms with Crippen molar-refractivity contribution in [1.82, 2.24) is 4.98 Å². The summed E-state index contributed by atoms with van der Waals surface area (Å²) in [6.45, 7) is 1.50. The molecule has 20 heavy (non-hydrogen) atoms. The van der Waals surface area contributed by atoms with Crippen molar-refractivity contribution >= 4 is 5.71 Å². The normalized spacial score (nSPS) is 14.7. The zero-order valence-electron chi connectivity index (χ0n) is 11.5. The van der Waals surface area contributed by atoms with Gasteiger partial charge in [0.2, 0.25) is 5.88 Å². The molecule has 2 heterocycles. The molecule has 3 rings (SSSR count). The number of hydrogen-bond acceptors (Lipinski definition) is 3. The van der Waals surface area contributed by atoms with E-state index in [9.17, 15) is 0 Å². The van der Waals surface area contributed by atoms with Crippen LogP contribution < -0.4 is 4.74 Å². The molecule has 0 bridgehead atoms. The van der Waals surface area contributed by atoms with Crippen molar-refractivity contribution in [3.8, 4) is 5.88 Å². The first kappa shape index (κ1) is 12.9. The molecule has 1 aliphatic rings. The average Bonchev–Trinajstić information content (AvgIpc) is 2.55. The zero-order chi connectivity index (χ0) is 13.6. The summed E-state index contributed by atoms with van der Waals surface area (Å²) in [5.74, 6) is 0.661. The number of rotatable bonds is 4. The summed E-state index contributed by atoms with van der Waals surface area (Å²) in [5, 5.41) is 0. The fourth-order valence-electron chi connectivity index (χ4n) is 2.30. The molecule has 0 atom stereocenters. The highest BCUT2D eigenvalue weighted by Crippen LogP contribution is 2.15. The second-order valence-corrected chi connectivity index (χ2v) is 4.94. The van der Waals surface area contributed by atoms with Gasteiger partial charge in [-0.2, -0.15) is 0 Å². The standard InChI is InChI=1S/C17H18N2O/c1-2-6-14(7-3-1)13-20-17-10-9-15(12-19-17)16-8-4-5-11-18-16/h1-3,6-7,9-10,12H,4-5,8,11,13H2. The van der Waals surface area contributed by atoms with E-state index in [0.717, 1.165) is 24.1 Å². The molecular formula is C17H18N2O. The van der Waals surface area contributed by atoms with Crippen molar-refractivity contribution in [2.45, 2.75) is 25.9 Å². The minimum absolute atomic E-state index is 0.550. The molecule has 0 aliphatic carbocycles. The molecular weight excluding hydrogens is 248 g/mol. The molecule has 0 N–H and O–H groups in total. The van der Waals surface area contributed by atoms with Crippen LogP contribution in [0.5, 0.6) is 5.88 Å². The van der Waals surface area contributed by atoms with Crippen LogP contribution in [0.2, 0.25) is 0 Å². The van der Waals surface area contributed by atoms with Crippen LogP contribution in [-0.4, -0.2) is 17.2 Å². The molecule has 0 radical (unpaired) electrons. The van der Waals surface area contributed by atoms with Gasteiger partial charge in [-0.25, -0.2) is 4.98 Å². The van der Waals surface area contributed by atoms with E-state index >= 15 is 0 Å². The van der Waals surface area contributed by atoms with Crippen LogP contribution in [0, 0.1) is 0 Å². The molecule has 3 heteroatoms. The third kappa shape index (κ3) is 3.23. The quantitative estimate of drug-likeness (QED) is 0.846. The lowest BCUT2D eigenvalue weighted by Crippen LogP contribution is -2.08. The van der Waals surface area contributed by atoms with Gasteiger partial charge >= 0.3 is 0 Å². The van der Waals surface area contributed by atoms with E-state index in [1.165, 1.54) is 18.6 Å². The summed E-state index contributed by atoms with van der Waals surface area (Å²) in [6.07, 6.45) is 5.36. The predicted molar refractivity (Wildman–Crippen MR) is 80.3 cm³/mol. The van der Waals surface area contributed by atoms with Crippen LogP contribution in [0.4, 0.5) is 0 Å². The van der Waals surface area contributed by atoms with Crippen molar-refractivity contribution in [3.63, 3.8) is 0 Å². The second-order valence-electron chi connectivity index (χ2n) is 4.94. The van der Waals surface area contributed by atoms with Crippen molar-refractivity contribution in [2.24, 2.45) is 4.99 Å². The Bertz CT molecular complexity index is 576. The first-order chi connectivity index (χ1) is 9.92. The molecule has 102 valence electrons. The van der Waals surface area contributed by atoms with E-state index in [1.54, 1.807) is 0 Å². The highest BCUT2D eigenvalue weighted by Gasteiger charge is 2.08. The summed E-state index contributed by atoms with van der Waals surface area (Å²) in [4.78, 5) is 8.92. The Balaban J connectivity index is 1.63. The third-order valence-corrected chi connectivity index (χ3v) is 3.42. The number of benzene rings is 1. The summed E-state index contributed by atoms with van der Waals surface area (Å²) in [5.41, 5.74) is 3.45. The molecule has 0 fully saturated rings. The lowest BCUT2D eigenvalue weighted by molar-refractivity contribution is 0.294.